The number of aryl methyl sites for hydroxylation is 1. The zero-order valence-electron chi connectivity index (χ0n) is 14.4. The molecule has 132 valence electrons. The number of nitrogens with zero attached hydrogens (tertiary/aromatic N) is 3. The van der Waals surface area contributed by atoms with Gasteiger partial charge in [-0.1, -0.05) is 18.2 Å². The van der Waals surface area contributed by atoms with Crippen molar-refractivity contribution in [3.8, 4) is 5.75 Å². The van der Waals surface area contributed by atoms with Crippen molar-refractivity contribution in [1.82, 2.24) is 19.4 Å². The third kappa shape index (κ3) is 4.14. The fourth-order valence-electron chi connectivity index (χ4n) is 2.44. The van der Waals surface area contributed by atoms with Gasteiger partial charge in [0, 0.05) is 24.8 Å². The molecule has 0 saturated carbocycles. The van der Waals surface area contributed by atoms with E-state index in [1.165, 1.54) is 12.4 Å². The SMILES string of the molecule is CCn1cc(S(=O)(=O)NCC(c2ccccc2OC)N(C)C)cn1. The highest BCUT2D eigenvalue weighted by atomic mass is 32.2. The summed E-state index contributed by atoms with van der Waals surface area (Å²) in [4.78, 5) is 2.12. The number of aromatic nitrogens is 2. The third-order valence-corrected chi connectivity index (χ3v) is 5.21. The molecule has 0 fully saturated rings. The Kier molecular flexibility index (Phi) is 5.98. The van der Waals surface area contributed by atoms with Crippen molar-refractivity contribution in [3.05, 3.63) is 42.2 Å². The molecule has 1 atom stereocenters. The molecule has 0 aliphatic rings. The Bertz CT molecular complexity index is 771. The number of hydrogen-bond donors (Lipinski definition) is 1. The van der Waals surface area contributed by atoms with Crippen LogP contribution in [0.3, 0.4) is 0 Å². The average Bonchev–Trinajstić information content (AvgIpc) is 3.05. The lowest BCUT2D eigenvalue weighted by atomic mass is 10.1. The summed E-state index contributed by atoms with van der Waals surface area (Å²) in [6.07, 6.45) is 2.88. The molecule has 1 aromatic heterocycles. The normalized spacial score (nSPS) is 13.2. The van der Waals surface area contributed by atoms with Crippen molar-refractivity contribution >= 4 is 10.0 Å². The molecule has 0 saturated heterocycles. The summed E-state index contributed by atoms with van der Waals surface area (Å²) in [6, 6.07) is 7.45. The minimum absolute atomic E-state index is 0.155. The highest BCUT2D eigenvalue weighted by Crippen LogP contribution is 2.27. The van der Waals surface area contributed by atoms with Crippen molar-refractivity contribution in [2.24, 2.45) is 0 Å². The van der Waals surface area contributed by atoms with Gasteiger partial charge in [-0.25, -0.2) is 13.1 Å². The fourth-order valence-corrected chi connectivity index (χ4v) is 3.43. The van der Waals surface area contributed by atoms with Gasteiger partial charge in [-0.15, -0.1) is 0 Å². The van der Waals surface area contributed by atoms with Crippen LogP contribution in [0.2, 0.25) is 0 Å². The van der Waals surface area contributed by atoms with Gasteiger partial charge >= 0.3 is 0 Å². The van der Waals surface area contributed by atoms with Crippen LogP contribution in [0.4, 0.5) is 0 Å². The fraction of sp³-hybridized carbons (Fsp3) is 0.438. The van der Waals surface area contributed by atoms with Crippen LogP contribution in [0, 0.1) is 0 Å². The Morgan fingerprint density at radius 3 is 2.62 bits per heavy atom. The molecule has 24 heavy (non-hydrogen) atoms. The molecule has 7 nitrogen and oxygen atoms in total. The molecule has 0 bridgehead atoms. The third-order valence-electron chi connectivity index (χ3n) is 3.83. The van der Waals surface area contributed by atoms with Gasteiger partial charge in [0.2, 0.25) is 10.0 Å². The largest absolute Gasteiger partial charge is 0.496 e. The Hall–Kier alpha value is -1.90. The molecule has 8 heteroatoms. The van der Waals surface area contributed by atoms with Crippen LogP contribution in [-0.2, 0) is 16.6 Å². The highest BCUT2D eigenvalue weighted by molar-refractivity contribution is 7.89. The summed E-state index contributed by atoms with van der Waals surface area (Å²) in [5.74, 6) is 0.731. The van der Waals surface area contributed by atoms with Crippen LogP contribution >= 0.6 is 0 Å². The Morgan fingerprint density at radius 1 is 1.33 bits per heavy atom. The van der Waals surface area contributed by atoms with E-state index in [2.05, 4.69) is 9.82 Å². The molecule has 1 unspecified atom stereocenters. The van der Waals surface area contributed by atoms with Crippen molar-refractivity contribution in [2.45, 2.75) is 24.4 Å². The maximum Gasteiger partial charge on any atom is 0.243 e. The van der Waals surface area contributed by atoms with E-state index in [4.69, 9.17) is 4.74 Å². The zero-order chi connectivity index (χ0) is 17.7. The summed E-state index contributed by atoms with van der Waals surface area (Å²) in [5, 5.41) is 4.02. The monoisotopic (exact) mass is 352 g/mol. The Balaban J connectivity index is 2.20. The molecule has 0 spiro atoms. The molecule has 0 amide bonds. The minimum atomic E-state index is -3.61. The quantitative estimate of drug-likeness (QED) is 0.779. The number of para-hydroxylation sites is 1. The van der Waals surface area contributed by atoms with E-state index < -0.39 is 10.0 Å². The average molecular weight is 352 g/mol. The van der Waals surface area contributed by atoms with E-state index in [1.54, 1.807) is 11.8 Å². The van der Waals surface area contributed by atoms with Gasteiger partial charge in [0.1, 0.15) is 10.6 Å². The van der Waals surface area contributed by atoms with E-state index in [0.717, 1.165) is 11.3 Å². The van der Waals surface area contributed by atoms with Crippen LogP contribution in [0.5, 0.6) is 5.75 Å². The summed E-state index contributed by atoms with van der Waals surface area (Å²) in [7, 11) is 1.81. The lowest BCUT2D eigenvalue weighted by Crippen LogP contribution is -2.34. The van der Waals surface area contributed by atoms with Crippen LogP contribution in [0.25, 0.3) is 0 Å². The maximum atomic E-state index is 12.5. The molecule has 0 aliphatic heterocycles. The van der Waals surface area contributed by atoms with Gasteiger partial charge in [0.15, 0.2) is 0 Å². The molecular weight excluding hydrogens is 328 g/mol. The molecule has 1 heterocycles. The van der Waals surface area contributed by atoms with Crippen molar-refractivity contribution in [1.29, 1.82) is 0 Å². The predicted octanol–water partition coefficient (Wildman–Crippen LogP) is 1.49. The van der Waals surface area contributed by atoms with E-state index in [0.29, 0.717) is 6.54 Å². The predicted molar refractivity (Wildman–Crippen MR) is 92.5 cm³/mol. The smallest absolute Gasteiger partial charge is 0.243 e. The van der Waals surface area contributed by atoms with Crippen molar-refractivity contribution < 1.29 is 13.2 Å². The van der Waals surface area contributed by atoms with Gasteiger partial charge in [0.05, 0.1) is 19.3 Å². The number of sulfonamides is 1. The van der Waals surface area contributed by atoms with E-state index in [9.17, 15) is 8.42 Å². The molecular formula is C16H24N4O3S. The Morgan fingerprint density at radius 2 is 2.04 bits per heavy atom. The molecule has 0 aliphatic carbocycles. The maximum absolute atomic E-state index is 12.5. The Labute approximate surface area is 143 Å². The first-order valence-corrected chi connectivity index (χ1v) is 9.18. The summed E-state index contributed by atoms with van der Waals surface area (Å²) in [5.41, 5.74) is 0.928. The second kappa shape index (κ2) is 7.78. The number of methoxy groups -OCH3 is 1. The minimum Gasteiger partial charge on any atom is -0.496 e. The highest BCUT2D eigenvalue weighted by Gasteiger charge is 2.22. The first-order valence-electron chi connectivity index (χ1n) is 7.70. The number of benzene rings is 1. The first-order chi connectivity index (χ1) is 11.4. The molecule has 0 radical (unpaired) electrons. The van der Waals surface area contributed by atoms with Crippen LogP contribution in [0.15, 0.2) is 41.6 Å². The first kappa shape index (κ1) is 18.4. The number of likely N-dealkylation sites (N-methyl/N-ethyl adjacent to an activating group) is 1. The second-order valence-electron chi connectivity index (χ2n) is 5.60. The lowest BCUT2D eigenvalue weighted by Gasteiger charge is -2.26. The number of rotatable bonds is 8. The summed E-state index contributed by atoms with van der Waals surface area (Å²) >= 11 is 0. The van der Waals surface area contributed by atoms with Gasteiger partial charge in [-0.05, 0) is 27.1 Å². The van der Waals surface area contributed by atoms with Gasteiger partial charge < -0.3 is 9.64 Å². The lowest BCUT2D eigenvalue weighted by molar-refractivity contribution is 0.289. The van der Waals surface area contributed by atoms with Crippen LogP contribution in [0.1, 0.15) is 18.5 Å². The summed E-state index contributed by atoms with van der Waals surface area (Å²) < 4.78 is 34.6. The van der Waals surface area contributed by atoms with Crippen LogP contribution < -0.4 is 9.46 Å². The van der Waals surface area contributed by atoms with Gasteiger partial charge in [0.25, 0.3) is 0 Å². The number of ether oxygens (including phenoxy) is 1. The van der Waals surface area contributed by atoms with Gasteiger partial charge in [-0.3, -0.25) is 4.68 Å². The number of hydrogen-bond acceptors (Lipinski definition) is 5. The number of nitrogens with one attached hydrogen (secondary N) is 1. The van der Waals surface area contributed by atoms with Gasteiger partial charge in [-0.2, -0.15) is 5.10 Å². The standard InChI is InChI=1S/C16H24N4O3S/c1-5-20-12-13(10-17-20)24(21,22)18-11-15(19(2)3)14-8-6-7-9-16(14)23-4/h6-10,12,15,18H,5,11H2,1-4H3. The van der Waals surface area contributed by atoms with E-state index in [-0.39, 0.29) is 17.5 Å². The van der Waals surface area contributed by atoms with E-state index in [1.807, 2.05) is 50.2 Å². The molecule has 2 aromatic rings. The second-order valence-corrected chi connectivity index (χ2v) is 7.37. The molecule has 2 rings (SSSR count). The van der Waals surface area contributed by atoms with Crippen LogP contribution in [-0.4, -0.2) is 50.8 Å². The van der Waals surface area contributed by atoms with E-state index >= 15 is 0 Å². The van der Waals surface area contributed by atoms with Crippen molar-refractivity contribution in [2.75, 3.05) is 27.7 Å². The molecule has 1 N–H and O–H groups in total. The zero-order valence-corrected chi connectivity index (χ0v) is 15.2. The topological polar surface area (TPSA) is 76.5 Å². The summed E-state index contributed by atoms with van der Waals surface area (Å²) in [6.45, 7) is 2.75. The van der Waals surface area contributed by atoms with Crippen molar-refractivity contribution in [3.63, 3.8) is 0 Å². The molecule has 1 aromatic carbocycles.